The summed E-state index contributed by atoms with van der Waals surface area (Å²) in [5, 5.41) is 1.89. The summed E-state index contributed by atoms with van der Waals surface area (Å²) in [6.45, 7) is 10.5. The largest absolute Gasteiger partial charge is 0.326 e. The summed E-state index contributed by atoms with van der Waals surface area (Å²) in [6, 6.07) is 24.1. The molecule has 5 heteroatoms. The molecule has 0 bridgehead atoms. The van der Waals surface area contributed by atoms with E-state index >= 15 is 0 Å². The van der Waals surface area contributed by atoms with E-state index in [4.69, 9.17) is 4.98 Å². The van der Waals surface area contributed by atoms with Crippen LogP contribution in [0, 0.1) is 34.6 Å². The summed E-state index contributed by atoms with van der Waals surface area (Å²) in [4.78, 5) is 32.6. The second-order valence-corrected chi connectivity index (χ2v) is 11.6. The van der Waals surface area contributed by atoms with Gasteiger partial charge in [-0.15, -0.1) is 0 Å². The summed E-state index contributed by atoms with van der Waals surface area (Å²) in [7, 11) is 2.03. The van der Waals surface area contributed by atoms with Gasteiger partial charge < -0.3 is 4.57 Å². The number of carbonyl (C=O) groups is 2. The molecule has 0 amide bonds. The molecule has 0 unspecified atom stereocenters. The highest BCUT2D eigenvalue weighted by Gasteiger charge is 2.34. The van der Waals surface area contributed by atoms with Crippen molar-refractivity contribution in [3.63, 3.8) is 0 Å². The molecule has 0 aliphatic heterocycles. The lowest BCUT2D eigenvalue weighted by atomic mass is 9.99. The molecule has 0 saturated heterocycles. The van der Waals surface area contributed by atoms with E-state index in [0.29, 0.717) is 11.1 Å². The minimum Gasteiger partial charge on any atom is -0.326 e. The van der Waals surface area contributed by atoms with Gasteiger partial charge >= 0.3 is 0 Å². The molecule has 6 aromatic rings. The predicted octanol–water partition coefficient (Wildman–Crippen LogP) is 8.19. The van der Waals surface area contributed by atoms with Crippen molar-refractivity contribution in [1.29, 1.82) is 0 Å². The number of nitrogens with zero attached hydrogens (tertiary/aromatic N) is 3. The van der Waals surface area contributed by atoms with E-state index in [2.05, 4.69) is 68.0 Å². The molecular formula is C37H31N3O2. The SMILES string of the molecule is Cc1cc(C)c(-c2nc3c(cc(C=C4C(=O)c5cc6ccccc6cc5C4=O)n3-c3c(C)cccc3C)n2C)c(C)c1. The van der Waals surface area contributed by atoms with Crippen molar-refractivity contribution < 1.29 is 9.59 Å². The van der Waals surface area contributed by atoms with Gasteiger partial charge in [-0.1, -0.05) is 60.2 Å². The molecule has 0 N–H and O–H groups in total. The van der Waals surface area contributed by atoms with Crippen LogP contribution in [-0.4, -0.2) is 25.7 Å². The predicted molar refractivity (Wildman–Crippen MR) is 170 cm³/mol. The molecule has 0 fully saturated rings. The number of fused-ring (bicyclic) bond motifs is 3. The lowest BCUT2D eigenvalue weighted by Gasteiger charge is -2.14. The second kappa shape index (κ2) is 9.25. The standard InChI is InChI=1S/C37H31N3O2/c1-20-14-23(4)32(24(5)15-20)37-38-36-31(39(37)6)19-27(40(36)33-21(2)10-9-11-22(33)3)18-30-34(41)28-16-25-12-7-8-13-26(25)17-29(28)35(30)42/h7-19H,1-6H3. The molecule has 0 spiro atoms. The first-order valence-electron chi connectivity index (χ1n) is 14.2. The summed E-state index contributed by atoms with van der Waals surface area (Å²) in [5.41, 5.74) is 11.4. The fourth-order valence-corrected chi connectivity index (χ4v) is 6.69. The number of Topliss-reactive ketones (excluding diaryl/α,β-unsaturated/α-hetero) is 2. The first-order valence-corrected chi connectivity index (χ1v) is 14.2. The minimum atomic E-state index is -0.237. The van der Waals surface area contributed by atoms with Crippen molar-refractivity contribution in [2.45, 2.75) is 34.6 Å². The van der Waals surface area contributed by atoms with E-state index in [-0.39, 0.29) is 17.1 Å². The highest BCUT2D eigenvalue weighted by atomic mass is 16.2. The van der Waals surface area contributed by atoms with Crippen LogP contribution in [0.3, 0.4) is 0 Å². The van der Waals surface area contributed by atoms with Crippen LogP contribution >= 0.6 is 0 Å². The smallest absolute Gasteiger partial charge is 0.197 e. The molecule has 0 radical (unpaired) electrons. The van der Waals surface area contributed by atoms with Gasteiger partial charge in [-0.05, 0) is 91.9 Å². The van der Waals surface area contributed by atoms with Gasteiger partial charge in [0, 0.05) is 23.7 Å². The number of ketones is 2. The van der Waals surface area contributed by atoms with Gasteiger partial charge in [0.05, 0.1) is 22.5 Å². The van der Waals surface area contributed by atoms with Gasteiger partial charge in [0.25, 0.3) is 0 Å². The fraction of sp³-hybridized carbons (Fsp3) is 0.162. The van der Waals surface area contributed by atoms with E-state index in [1.807, 2.05) is 55.6 Å². The minimum absolute atomic E-state index is 0.182. The highest BCUT2D eigenvalue weighted by molar-refractivity contribution is 6.42. The number of para-hydroxylation sites is 1. The number of aryl methyl sites for hydroxylation is 6. The zero-order valence-corrected chi connectivity index (χ0v) is 24.7. The number of benzene rings is 4. The third kappa shape index (κ3) is 3.73. The van der Waals surface area contributed by atoms with Crippen LogP contribution in [0.2, 0.25) is 0 Å². The molecule has 0 saturated carbocycles. The van der Waals surface area contributed by atoms with Gasteiger partial charge in [-0.2, -0.15) is 0 Å². The first-order chi connectivity index (χ1) is 20.1. The van der Waals surface area contributed by atoms with Crippen molar-refractivity contribution in [3.05, 3.63) is 123 Å². The topological polar surface area (TPSA) is 56.9 Å². The van der Waals surface area contributed by atoms with Crippen molar-refractivity contribution in [1.82, 2.24) is 14.1 Å². The average Bonchev–Trinajstić information content (AvgIpc) is 3.52. The summed E-state index contributed by atoms with van der Waals surface area (Å²) >= 11 is 0. The van der Waals surface area contributed by atoms with Gasteiger partial charge in [0.2, 0.25) is 0 Å². The lowest BCUT2D eigenvalue weighted by molar-refractivity contribution is 0.0990. The Morgan fingerprint density at radius 1 is 0.690 bits per heavy atom. The fourth-order valence-electron chi connectivity index (χ4n) is 6.69. The Kier molecular flexibility index (Phi) is 5.70. The molecule has 2 heterocycles. The Hall–Kier alpha value is -5.03. The van der Waals surface area contributed by atoms with E-state index in [1.54, 1.807) is 6.08 Å². The van der Waals surface area contributed by atoms with Crippen molar-refractivity contribution in [3.8, 4) is 17.1 Å². The Morgan fingerprint density at radius 3 is 1.83 bits per heavy atom. The van der Waals surface area contributed by atoms with Gasteiger partial charge in [0.15, 0.2) is 17.2 Å². The van der Waals surface area contributed by atoms with E-state index in [0.717, 1.165) is 55.8 Å². The monoisotopic (exact) mass is 549 g/mol. The number of imidazole rings is 1. The van der Waals surface area contributed by atoms with Crippen molar-refractivity contribution in [2.24, 2.45) is 7.05 Å². The number of carbonyl (C=O) groups excluding carboxylic acids is 2. The summed E-state index contributed by atoms with van der Waals surface area (Å²) in [6.07, 6.45) is 1.75. The lowest BCUT2D eigenvalue weighted by Crippen LogP contribution is -2.06. The molecule has 42 heavy (non-hydrogen) atoms. The van der Waals surface area contributed by atoms with Crippen LogP contribution in [-0.2, 0) is 7.05 Å². The zero-order chi connectivity index (χ0) is 29.4. The van der Waals surface area contributed by atoms with Crippen LogP contribution in [0.15, 0.2) is 78.4 Å². The van der Waals surface area contributed by atoms with Gasteiger partial charge in [0.1, 0.15) is 5.82 Å². The first kappa shape index (κ1) is 25.9. The van der Waals surface area contributed by atoms with Crippen LogP contribution in [0.1, 0.15) is 54.2 Å². The molecule has 4 aromatic carbocycles. The molecule has 1 aliphatic rings. The van der Waals surface area contributed by atoms with Gasteiger partial charge in [-0.25, -0.2) is 4.98 Å². The number of allylic oxidation sites excluding steroid dienone is 1. The maximum absolute atomic E-state index is 13.7. The molecule has 2 aromatic heterocycles. The van der Waals surface area contributed by atoms with Crippen molar-refractivity contribution in [2.75, 3.05) is 0 Å². The molecule has 5 nitrogen and oxygen atoms in total. The molecular weight excluding hydrogens is 518 g/mol. The van der Waals surface area contributed by atoms with E-state index < -0.39 is 0 Å². The van der Waals surface area contributed by atoms with E-state index in [1.165, 1.54) is 16.7 Å². The highest BCUT2D eigenvalue weighted by Crippen LogP contribution is 2.37. The van der Waals surface area contributed by atoms with Crippen molar-refractivity contribution >= 4 is 39.6 Å². The molecule has 7 rings (SSSR count). The van der Waals surface area contributed by atoms with Crippen LogP contribution in [0.25, 0.3) is 45.1 Å². The number of hydrogen-bond acceptors (Lipinski definition) is 3. The van der Waals surface area contributed by atoms with E-state index in [9.17, 15) is 9.59 Å². The molecule has 206 valence electrons. The zero-order valence-electron chi connectivity index (χ0n) is 24.7. The Labute approximate surface area is 244 Å². The molecule has 1 aliphatic carbocycles. The number of rotatable bonds is 3. The number of aromatic nitrogens is 3. The quantitative estimate of drug-likeness (QED) is 0.165. The maximum atomic E-state index is 13.7. The van der Waals surface area contributed by atoms with Crippen LogP contribution in [0.5, 0.6) is 0 Å². The van der Waals surface area contributed by atoms with Gasteiger partial charge in [-0.3, -0.25) is 14.2 Å². The Balaban J connectivity index is 1.48. The number of hydrogen-bond donors (Lipinski definition) is 0. The average molecular weight is 550 g/mol. The summed E-state index contributed by atoms with van der Waals surface area (Å²) < 4.78 is 4.22. The Bertz CT molecular complexity index is 2090. The normalized spacial score (nSPS) is 13.0. The van der Waals surface area contributed by atoms with Crippen LogP contribution in [0.4, 0.5) is 0 Å². The third-order valence-corrected chi connectivity index (χ3v) is 8.59. The second-order valence-electron chi connectivity index (χ2n) is 11.6. The maximum Gasteiger partial charge on any atom is 0.197 e. The van der Waals surface area contributed by atoms with Crippen LogP contribution < -0.4 is 0 Å². The third-order valence-electron chi connectivity index (χ3n) is 8.59. The molecule has 0 atom stereocenters. The Morgan fingerprint density at radius 2 is 1.26 bits per heavy atom. The summed E-state index contributed by atoms with van der Waals surface area (Å²) in [5.74, 6) is 0.415.